The molecule has 0 unspecified atom stereocenters. The molecule has 0 saturated carbocycles. The van der Waals surface area contributed by atoms with Crippen LogP contribution in [0.1, 0.15) is 22.6 Å². The van der Waals surface area contributed by atoms with Crippen molar-refractivity contribution in [3.63, 3.8) is 0 Å². The highest BCUT2D eigenvalue weighted by Crippen LogP contribution is 2.44. The lowest BCUT2D eigenvalue weighted by Gasteiger charge is -2.18. The molecule has 0 radical (unpaired) electrons. The minimum Gasteiger partial charge on any atom is -0.449 e. The lowest BCUT2D eigenvalue weighted by Crippen LogP contribution is -2.39. The molecular weight excluding hydrogens is 388 g/mol. The fourth-order valence-corrected chi connectivity index (χ4v) is 4.53. The van der Waals surface area contributed by atoms with Crippen LogP contribution in [0.5, 0.6) is 0 Å². The summed E-state index contributed by atoms with van der Waals surface area (Å²) in [7, 11) is 0. The third-order valence-corrected chi connectivity index (χ3v) is 6.03. The maximum atomic E-state index is 12.5. The Morgan fingerprint density at radius 1 is 0.968 bits per heavy atom. The van der Waals surface area contributed by atoms with Gasteiger partial charge in [0, 0.05) is 23.0 Å². The van der Waals surface area contributed by atoms with E-state index in [1.165, 1.54) is 22.3 Å². The lowest BCUT2D eigenvalue weighted by molar-refractivity contribution is 0.132. The van der Waals surface area contributed by atoms with E-state index >= 15 is 0 Å². The Hall–Kier alpha value is -3.57. The summed E-state index contributed by atoms with van der Waals surface area (Å²) in [5.74, 6) is 0.0133. The SMILES string of the molecule is O=C(N[C@H](CO)Cc1c[nH]c2ccccc12)OCC1c2ccccc2-c2ccccc21. The number of fused-ring (bicyclic) bond motifs is 4. The van der Waals surface area contributed by atoms with Crippen LogP contribution < -0.4 is 5.32 Å². The molecule has 4 aromatic rings. The maximum Gasteiger partial charge on any atom is 0.407 e. The van der Waals surface area contributed by atoms with Crippen molar-refractivity contribution < 1.29 is 14.6 Å². The molecule has 1 amide bonds. The average molecular weight is 412 g/mol. The highest BCUT2D eigenvalue weighted by molar-refractivity contribution is 5.83. The molecule has 0 bridgehead atoms. The summed E-state index contributed by atoms with van der Waals surface area (Å²) in [5, 5.41) is 13.7. The number of para-hydroxylation sites is 1. The van der Waals surface area contributed by atoms with E-state index in [1.807, 2.05) is 54.7 Å². The smallest absolute Gasteiger partial charge is 0.407 e. The number of rotatable bonds is 6. The number of ether oxygens (including phenoxy) is 1. The van der Waals surface area contributed by atoms with Crippen molar-refractivity contribution in [2.24, 2.45) is 0 Å². The minimum atomic E-state index is -0.513. The van der Waals surface area contributed by atoms with Gasteiger partial charge in [-0.15, -0.1) is 0 Å². The predicted molar refractivity (Wildman–Crippen MR) is 121 cm³/mol. The summed E-state index contributed by atoms with van der Waals surface area (Å²) >= 11 is 0. The van der Waals surface area contributed by atoms with Gasteiger partial charge in [-0.05, 0) is 40.3 Å². The first-order valence-electron chi connectivity index (χ1n) is 10.5. The zero-order valence-corrected chi connectivity index (χ0v) is 17.0. The molecule has 1 aromatic heterocycles. The summed E-state index contributed by atoms with van der Waals surface area (Å²) in [6, 6.07) is 24.1. The van der Waals surface area contributed by atoms with E-state index < -0.39 is 12.1 Å². The number of aromatic amines is 1. The molecule has 0 fully saturated rings. The summed E-state index contributed by atoms with van der Waals surface area (Å²) in [6.07, 6.45) is 1.93. The van der Waals surface area contributed by atoms with Gasteiger partial charge in [-0.25, -0.2) is 4.79 Å². The number of aliphatic hydroxyl groups is 1. The molecule has 0 saturated heterocycles. The summed E-state index contributed by atoms with van der Waals surface area (Å²) in [5.41, 5.74) is 6.83. The Bertz CT molecular complexity index is 1180. The van der Waals surface area contributed by atoms with Gasteiger partial charge in [-0.2, -0.15) is 0 Å². The second-order valence-electron chi connectivity index (χ2n) is 7.91. The van der Waals surface area contributed by atoms with Crippen molar-refractivity contribution in [2.75, 3.05) is 13.2 Å². The minimum absolute atomic E-state index is 0.0133. The van der Waals surface area contributed by atoms with Crippen molar-refractivity contribution in [1.29, 1.82) is 0 Å². The van der Waals surface area contributed by atoms with Crippen LogP contribution in [0.3, 0.4) is 0 Å². The zero-order chi connectivity index (χ0) is 21.2. The highest BCUT2D eigenvalue weighted by Gasteiger charge is 2.29. The number of alkyl carbamates (subject to hydrolysis) is 1. The van der Waals surface area contributed by atoms with E-state index in [-0.39, 0.29) is 19.1 Å². The second kappa shape index (κ2) is 8.28. The quantitative estimate of drug-likeness (QED) is 0.433. The number of hydrogen-bond donors (Lipinski definition) is 3. The molecule has 156 valence electrons. The number of carbonyl (C=O) groups is 1. The van der Waals surface area contributed by atoms with E-state index in [2.05, 4.69) is 34.6 Å². The monoisotopic (exact) mass is 412 g/mol. The molecule has 3 N–H and O–H groups in total. The van der Waals surface area contributed by atoms with Gasteiger partial charge >= 0.3 is 6.09 Å². The van der Waals surface area contributed by atoms with Gasteiger partial charge in [0.05, 0.1) is 12.6 Å². The molecule has 0 aliphatic heterocycles. The Labute approximate surface area is 180 Å². The summed E-state index contributed by atoms with van der Waals surface area (Å²) in [6.45, 7) is 0.0921. The fourth-order valence-electron chi connectivity index (χ4n) is 4.53. The molecule has 5 rings (SSSR count). The molecule has 0 spiro atoms. The van der Waals surface area contributed by atoms with Crippen molar-refractivity contribution in [1.82, 2.24) is 10.3 Å². The number of aromatic nitrogens is 1. The topological polar surface area (TPSA) is 74.4 Å². The van der Waals surface area contributed by atoms with E-state index in [9.17, 15) is 9.90 Å². The van der Waals surface area contributed by atoms with Crippen LogP contribution >= 0.6 is 0 Å². The molecule has 31 heavy (non-hydrogen) atoms. The number of aliphatic hydroxyl groups excluding tert-OH is 1. The van der Waals surface area contributed by atoms with Gasteiger partial charge in [0.2, 0.25) is 0 Å². The molecule has 3 aromatic carbocycles. The van der Waals surface area contributed by atoms with E-state index in [4.69, 9.17) is 4.74 Å². The largest absolute Gasteiger partial charge is 0.449 e. The lowest BCUT2D eigenvalue weighted by atomic mass is 9.98. The fraction of sp³-hybridized carbons (Fsp3) is 0.192. The summed E-state index contributed by atoms with van der Waals surface area (Å²) < 4.78 is 5.61. The van der Waals surface area contributed by atoms with Gasteiger partial charge in [-0.1, -0.05) is 66.7 Å². The molecule has 5 nitrogen and oxygen atoms in total. The third kappa shape index (κ3) is 3.68. The van der Waals surface area contributed by atoms with Gasteiger partial charge in [-0.3, -0.25) is 0 Å². The van der Waals surface area contributed by atoms with Crippen molar-refractivity contribution in [3.05, 3.63) is 95.7 Å². The predicted octanol–water partition coefficient (Wildman–Crippen LogP) is 4.61. The van der Waals surface area contributed by atoms with Gasteiger partial charge in [0.1, 0.15) is 6.61 Å². The molecule has 1 aliphatic rings. The number of benzene rings is 3. The number of amides is 1. The van der Waals surface area contributed by atoms with E-state index in [0.717, 1.165) is 16.5 Å². The maximum absolute atomic E-state index is 12.5. The van der Waals surface area contributed by atoms with Gasteiger partial charge in [0.15, 0.2) is 0 Å². The molecule has 5 heteroatoms. The van der Waals surface area contributed by atoms with Gasteiger partial charge in [0.25, 0.3) is 0 Å². The Morgan fingerprint density at radius 2 is 1.61 bits per heavy atom. The number of H-pyrrole nitrogens is 1. The van der Waals surface area contributed by atoms with Crippen LogP contribution in [0.25, 0.3) is 22.0 Å². The van der Waals surface area contributed by atoms with Gasteiger partial charge < -0.3 is 20.1 Å². The van der Waals surface area contributed by atoms with Crippen molar-refractivity contribution in [3.8, 4) is 11.1 Å². The normalized spacial score (nSPS) is 13.6. The molecular formula is C26H24N2O3. The van der Waals surface area contributed by atoms with E-state index in [0.29, 0.717) is 6.42 Å². The van der Waals surface area contributed by atoms with Crippen LogP contribution in [-0.4, -0.2) is 35.4 Å². The zero-order valence-electron chi connectivity index (χ0n) is 17.0. The van der Waals surface area contributed by atoms with Crippen molar-refractivity contribution >= 4 is 17.0 Å². The Kier molecular flexibility index (Phi) is 5.18. The Morgan fingerprint density at radius 3 is 2.32 bits per heavy atom. The standard InChI is InChI=1S/C26H24N2O3/c29-15-18(13-17-14-27-25-12-6-5-7-19(17)25)28-26(30)31-16-24-22-10-3-1-8-20(22)21-9-2-4-11-23(21)24/h1-12,14,18,24,27,29H,13,15-16H2,(H,28,30)/t18-/m0/s1. The first kappa shape index (κ1) is 19.4. The molecule has 1 heterocycles. The van der Waals surface area contributed by atoms with Crippen LogP contribution in [0.15, 0.2) is 79.0 Å². The Balaban J connectivity index is 1.25. The second-order valence-corrected chi connectivity index (χ2v) is 7.91. The number of nitrogens with one attached hydrogen (secondary N) is 2. The van der Waals surface area contributed by atoms with Crippen LogP contribution in [0, 0.1) is 0 Å². The number of hydrogen-bond acceptors (Lipinski definition) is 3. The van der Waals surface area contributed by atoms with Crippen LogP contribution in [-0.2, 0) is 11.2 Å². The molecule has 1 aliphatic carbocycles. The first-order valence-corrected chi connectivity index (χ1v) is 10.5. The number of carbonyl (C=O) groups excluding carboxylic acids is 1. The van der Waals surface area contributed by atoms with Crippen LogP contribution in [0.4, 0.5) is 4.79 Å². The van der Waals surface area contributed by atoms with Crippen LogP contribution in [0.2, 0.25) is 0 Å². The van der Waals surface area contributed by atoms with E-state index in [1.54, 1.807) is 0 Å². The highest BCUT2D eigenvalue weighted by atomic mass is 16.5. The average Bonchev–Trinajstić information content (AvgIpc) is 3.36. The van der Waals surface area contributed by atoms with Crippen molar-refractivity contribution in [2.45, 2.75) is 18.4 Å². The molecule has 1 atom stereocenters. The first-order chi connectivity index (χ1) is 15.2. The summed E-state index contributed by atoms with van der Waals surface area (Å²) in [4.78, 5) is 15.8. The third-order valence-electron chi connectivity index (χ3n) is 6.03.